The minimum absolute atomic E-state index is 0.755. The molecule has 1 nitrogen and oxygen atoms in total. The molecule has 0 bridgehead atoms. The summed E-state index contributed by atoms with van der Waals surface area (Å²) in [6.45, 7) is 7.14. The first kappa shape index (κ1) is 9.53. The van der Waals surface area contributed by atoms with Gasteiger partial charge < -0.3 is 5.73 Å². The Hall–Kier alpha value is -0.560. The van der Waals surface area contributed by atoms with Crippen molar-refractivity contribution >= 4 is 0 Å². The molecule has 2 N–H and O–H groups in total. The average Bonchev–Trinajstić information content (AvgIpc) is 2.07. The van der Waals surface area contributed by atoms with Crippen LogP contribution in [0.2, 0.25) is 0 Å². The number of nitrogens with two attached hydrogens (primary N) is 1. The van der Waals surface area contributed by atoms with Crippen molar-refractivity contribution in [3.05, 3.63) is 23.8 Å². The van der Waals surface area contributed by atoms with Crippen molar-refractivity contribution < 1.29 is 0 Å². The summed E-state index contributed by atoms with van der Waals surface area (Å²) in [6.07, 6.45) is 6.95. The first-order valence-electron chi connectivity index (χ1n) is 4.81. The van der Waals surface area contributed by atoms with Gasteiger partial charge in [-0.3, -0.25) is 0 Å². The van der Waals surface area contributed by atoms with Crippen LogP contribution in [-0.2, 0) is 0 Å². The van der Waals surface area contributed by atoms with E-state index in [9.17, 15) is 0 Å². The van der Waals surface area contributed by atoms with Gasteiger partial charge in [0.2, 0.25) is 0 Å². The van der Waals surface area contributed by atoms with Crippen molar-refractivity contribution in [2.75, 3.05) is 6.54 Å². The van der Waals surface area contributed by atoms with Gasteiger partial charge in [0.15, 0.2) is 0 Å². The molecule has 0 spiro atoms. The summed E-state index contributed by atoms with van der Waals surface area (Å²) < 4.78 is 0. The smallest absolute Gasteiger partial charge is 0.00424 e. The van der Waals surface area contributed by atoms with Crippen LogP contribution >= 0.6 is 0 Å². The van der Waals surface area contributed by atoms with Crippen molar-refractivity contribution in [1.82, 2.24) is 0 Å². The molecular formula is C11H19N. The highest BCUT2D eigenvalue weighted by molar-refractivity contribution is 5.30. The van der Waals surface area contributed by atoms with Gasteiger partial charge in [0, 0.05) is 0 Å². The molecule has 1 aliphatic carbocycles. The lowest BCUT2D eigenvalue weighted by Crippen LogP contribution is -2.07. The van der Waals surface area contributed by atoms with Gasteiger partial charge >= 0.3 is 0 Å². The molecule has 0 heterocycles. The van der Waals surface area contributed by atoms with Crippen molar-refractivity contribution in [1.29, 1.82) is 0 Å². The Labute approximate surface area is 75.3 Å². The minimum atomic E-state index is 0.755. The monoisotopic (exact) mass is 165 g/mol. The van der Waals surface area contributed by atoms with Crippen molar-refractivity contribution in [2.45, 2.75) is 32.6 Å². The molecule has 1 atom stereocenters. The molecular weight excluding hydrogens is 146 g/mol. The molecule has 0 aromatic rings. The van der Waals surface area contributed by atoms with E-state index in [-0.39, 0.29) is 0 Å². The van der Waals surface area contributed by atoms with Gasteiger partial charge in [-0.2, -0.15) is 0 Å². The van der Waals surface area contributed by atoms with Crippen LogP contribution in [0.1, 0.15) is 32.6 Å². The predicted molar refractivity (Wildman–Crippen MR) is 53.9 cm³/mol. The van der Waals surface area contributed by atoms with Gasteiger partial charge in [-0.25, -0.2) is 0 Å². The largest absolute Gasteiger partial charge is 0.330 e. The van der Waals surface area contributed by atoms with Gasteiger partial charge in [-0.1, -0.05) is 25.2 Å². The first-order chi connectivity index (χ1) is 5.74. The third kappa shape index (κ3) is 2.49. The zero-order chi connectivity index (χ0) is 8.97. The molecule has 0 aliphatic heterocycles. The fraction of sp³-hybridized carbons (Fsp3) is 0.636. The highest BCUT2D eigenvalue weighted by atomic mass is 14.5. The molecule has 1 saturated carbocycles. The Morgan fingerprint density at radius 2 is 2.42 bits per heavy atom. The molecule has 1 fully saturated rings. The lowest BCUT2D eigenvalue weighted by molar-refractivity contribution is 0.497. The second kappa shape index (κ2) is 4.46. The number of allylic oxidation sites excluding steroid dienone is 2. The molecule has 0 radical (unpaired) electrons. The summed E-state index contributed by atoms with van der Waals surface area (Å²) in [5.74, 6) is 0.833. The zero-order valence-corrected chi connectivity index (χ0v) is 7.97. The maximum absolute atomic E-state index is 5.45. The van der Waals surface area contributed by atoms with Gasteiger partial charge in [0.25, 0.3) is 0 Å². The third-order valence-electron chi connectivity index (χ3n) is 2.52. The fourth-order valence-corrected chi connectivity index (χ4v) is 1.69. The number of rotatable bonds is 2. The Kier molecular flexibility index (Phi) is 3.54. The summed E-state index contributed by atoms with van der Waals surface area (Å²) in [4.78, 5) is 0. The van der Waals surface area contributed by atoms with Crippen molar-refractivity contribution in [3.63, 3.8) is 0 Å². The molecule has 0 saturated heterocycles. The lowest BCUT2D eigenvalue weighted by Gasteiger charge is -2.22. The molecule has 0 amide bonds. The summed E-state index contributed by atoms with van der Waals surface area (Å²) >= 11 is 0. The average molecular weight is 165 g/mol. The van der Waals surface area contributed by atoms with Crippen molar-refractivity contribution in [2.24, 2.45) is 11.7 Å². The highest BCUT2D eigenvalue weighted by Gasteiger charge is 2.14. The van der Waals surface area contributed by atoms with E-state index in [1.807, 2.05) is 0 Å². The molecule has 1 heteroatoms. The Bertz CT molecular complexity index is 191. The van der Waals surface area contributed by atoms with Crippen LogP contribution in [0.3, 0.4) is 0 Å². The normalized spacial score (nSPS) is 28.0. The summed E-state index contributed by atoms with van der Waals surface area (Å²) in [5, 5.41) is 0. The van der Waals surface area contributed by atoms with E-state index in [1.54, 1.807) is 0 Å². The standard InChI is InChI=1S/C11H19N/c1-9-5-6-10(2)11(8-9)4-3-7-12/h4,9H,2-3,5-8,12H2,1H3/b11-4+. The van der Waals surface area contributed by atoms with Crippen molar-refractivity contribution in [3.8, 4) is 0 Å². The predicted octanol–water partition coefficient (Wildman–Crippen LogP) is 2.64. The number of hydrogen-bond acceptors (Lipinski definition) is 1. The van der Waals surface area contributed by atoms with Crippen LogP contribution in [0.4, 0.5) is 0 Å². The molecule has 1 unspecified atom stereocenters. The second-order valence-corrected chi connectivity index (χ2v) is 3.76. The minimum Gasteiger partial charge on any atom is -0.330 e. The summed E-state index contributed by atoms with van der Waals surface area (Å²) in [7, 11) is 0. The van der Waals surface area contributed by atoms with Gasteiger partial charge in [-0.05, 0) is 43.7 Å². The van der Waals surface area contributed by atoms with E-state index in [1.165, 1.54) is 30.4 Å². The van der Waals surface area contributed by atoms with E-state index in [0.29, 0.717) is 0 Å². The lowest BCUT2D eigenvalue weighted by atomic mass is 9.83. The van der Waals surface area contributed by atoms with Crippen LogP contribution in [0.15, 0.2) is 23.8 Å². The van der Waals surface area contributed by atoms with Crippen LogP contribution in [0.25, 0.3) is 0 Å². The maximum atomic E-state index is 5.45. The third-order valence-corrected chi connectivity index (χ3v) is 2.52. The Balaban J connectivity index is 2.54. The first-order valence-corrected chi connectivity index (χ1v) is 4.81. The van der Waals surface area contributed by atoms with Crippen LogP contribution in [0, 0.1) is 5.92 Å². The van der Waals surface area contributed by atoms with Crippen LogP contribution in [0.5, 0.6) is 0 Å². The highest BCUT2D eigenvalue weighted by Crippen LogP contribution is 2.31. The molecule has 0 aromatic carbocycles. The SMILES string of the molecule is C=C1CCC(C)C/C1=C\CCN. The molecule has 1 aliphatic rings. The van der Waals surface area contributed by atoms with E-state index in [2.05, 4.69) is 19.6 Å². The zero-order valence-electron chi connectivity index (χ0n) is 7.97. The Morgan fingerprint density at radius 3 is 3.08 bits per heavy atom. The molecule has 68 valence electrons. The quantitative estimate of drug-likeness (QED) is 0.668. The summed E-state index contributed by atoms with van der Waals surface area (Å²) in [5.41, 5.74) is 8.24. The second-order valence-electron chi connectivity index (χ2n) is 3.76. The van der Waals surface area contributed by atoms with Gasteiger partial charge in [-0.15, -0.1) is 0 Å². The van der Waals surface area contributed by atoms with Crippen LogP contribution in [-0.4, -0.2) is 6.54 Å². The fourth-order valence-electron chi connectivity index (χ4n) is 1.69. The van der Waals surface area contributed by atoms with E-state index in [0.717, 1.165) is 18.9 Å². The van der Waals surface area contributed by atoms with Gasteiger partial charge in [0.05, 0.1) is 0 Å². The van der Waals surface area contributed by atoms with E-state index in [4.69, 9.17) is 5.73 Å². The Morgan fingerprint density at radius 1 is 1.67 bits per heavy atom. The van der Waals surface area contributed by atoms with Gasteiger partial charge in [0.1, 0.15) is 0 Å². The van der Waals surface area contributed by atoms with E-state index >= 15 is 0 Å². The molecule has 12 heavy (non-hydrogen) atoms. The maximum Gasteiger partial charge on any atom is -0.00424 e. The topological polar surface area (TPSA) is 26.0 Å². The van der Waals surface area contributed by atoms with Crippen LogP contribution < -0.4 is 5.73 Å². The number of hydrogen-bond donors (Lipinski definition) is 1. The van der Waals surface area contributed by atoms with E-state index < -0.39 is 0 Å². The summed E-state index contributed by atoms with van der Waals surface area (Å²) in [6, 6.07) is 0. The molecule has 1 rings (SSSR count). The molecule has 0 aromatic heterocycles.